The molecule has 1 fully saturated rings. The Bertz CT molecular complexity index is 549. The Morgan fingerprint density at radius 1 is 1.05 bits per heavy atom. The highest BCUT2D eigenvalue weighted by Gasteiger charge is 2.42. The van der Waals surface area contributed by atoms with Crippen molar-refractivity contribution >= 4 is 27.5 Å². The maximum absolute atomic E-state index is 5.95. The van der Waals surface area contributed by atoms with Gasteiger partial charge in [0.15, 0.2) is 0 Å². The van der Waals surface area contributed by atoms with Crippen molar-refractivity contribution in [3.8, 4) is 0 Å². The molecule has 2 aromatic carbocycles. The summed E-state index contributed by atoms with van der Waals surface area (Å²) < 4.78 is 0. The maximum atomic E-state index is 5.95. The van der Waals surface area contributed by atoms with Crippen LogP contribution in [0.3, 0.4) is 0 Å². The molecule has 20 heavy (non-hydrogen) atoms. The second-order valence-corrected chi connectivity index (χ2v) is 6.75. The second kappa shape index (κ2) is 6.32. The Labute approximate surface area is 134 Å². The standard InChI is InChI=1S/C18H18BrCl/c19-12-15(10-13-6-8-16(20)9-7-13)18-11-17(18)14-4-2-1-3-5-14/h1-9,15,17-18H,10-12H2. The van der Waals surface area contributed by atoms with Crippen LogP contribution in [0.5, 0.6) is 0 Å². The van der Waals surface area contributed by atoms with Gasteiger partial charge in [-0.25, -0.2) is 0 Å². The van der Waals surface area contributed by atoms with E-state index in [1.54, 1.807) is 0 Å². The van der Waals surface area contributed by atoms with Gasteiger partial charge in [-0.1, -0.05) is 70.0 Å². The third kappa shape index (κ3) is 3.27. The summed E-state index contributed by atoms with van der Waals surface area (Å²) in [6, 6.07) is 19.2. The molecular formula is C18H18BrCl. The largest absolute Gasteiger partial charge is 0.0925 e. The van der Waals surface area contributed by atoms with Crippen LogP contribution in [-0.2, 0) is 6.42 Å². The van der Waals surface area contributed by atoms with Gasteiger partial charge in [0, 0.05) is 10.4 Å². The SMILES string of the molecule is Clc1ccc(CC(CBr)C2CC2c2ccccc2)cc1. The minimum atomic E-state index is 0.710. The Morgan fingerprint density at radius 3 is 2.40 bits per heavy atom. The number of alkyl halides is 1. The molecule has 3 unspecified atom stereocenters. The monoisotopic (exact) mass is 348 g/mol. The summed E-state index contributed by atoms with van der Waals surface area (Å²) >= 11 is 9.65. The van der Waals surface area contributed by atoms with E-state index in [1.807, 2.05) is 12.1 Å². The zero-order valence-electron chi connectivity index (χ0n) is 11.3. The highest BCUT2D eigenvalue weighted by molar-refractivity contribution is 9.09. The molecule has 0 bridgehead atoms. The molecule has 0 saturated heterocycles. The van der Waals surface area contributed by atoms with Gasteiger partial charge in [-0.15, -0.1) is 0 Å². The quantitative estimate of drug-likeness (QED) is 0.608. The smallest absolute Gasteiger partial charge is 0.0406 e. The summed E-state index contributed by atoms with van der Waals surface area (Å²) in [5, 5.41) is 1.89. The van der Waals surface area contributed by atoms with Gasteiger partial charge in [0.25, 0.3) is 0 Å². The molecule has 3 rings (SSSR count). The van der Waals surface area contributed by atoms with Gasteiger partial charge in [-0.05, 0) is 53.9 Å². The highest BCUT2D eigenvalue weighted by atomic mass is 79.9. The molecule has 0 nitrogen and oxygen atoms in total. The molecule has 2 aromatic rings. The first kappa shape index (κ1) is 14.2. The van der Waals surface area contributed by atoms with Crippen LogP contribution in [0.1, 0.15) is 23.5 Å². The van der Waals surface area contributed by atoms with Gasteiger partial charge < -0.3 is 0 Å². The van der Waals surface area contributed by atoms with Gasteiger partial charge in [0.05, 0.1) is 0 Å². The molecule has 0 aliphatic heterocycles. The average Bonchev–Trinajstić information content (AvgIpc) is 3.28. The lowest BCUT2D eigenvalue weighted by molar-refractivity contribution is 0.507. The summed E-state index contributed by atoms with van der Waals surface area (Å²) in [6.07, 6.45) is 2.46. The van der Waals surface area contributed by atoms with E-state index in [0.29, 0.717) is 5.92 Å². The molecule has 1 aliphatic rings. The average molecular weight is 350 g/mol. The third-order valence-corrected chi connectivity index (χ3v) is 5.37. The molecule has 0 radical (unpaired) electrons. The summed E-state index contributed by atoms with van der Waals surface area (Å²) in [5.74, 6) is 2.28. The van der Waals surface area contributed by atoms with Gasteiger partial charge in [0.1, 0.15) is 0 Å². The van der Waals surface area contributed by atoms with E-state index in [0.717, 1.165) is 28.6 Å². The number of halogens is 2. The fourth-order valence-electron chi connectivity index (χ4n) is 3.06. The van der Waals surface area contributed by atoms with Crippen molar-refractivity contribution in [2.24, 2.45) is 11.8 Å². The van der Waals surface area contributed by atoms with Crippen LogP contribution in [0.25, 0.3) is 0 Å². The second-order valence-electron chi connectivity index (χ2n) is 5.66. The van der Waals surface area contributed by atoms with E-state index < -0.39 is 0 Å². The van der Waals surface area contributed by atoms with Crippen molar-refractivity contribution in [3.05, 3.63) is 70.7 Å². The zero-order chi connectivity index (χ0) is 13.9. The molecule has 0 spiro atoms. The van der Waals surface area contributed by atoms with Crippen molar-refractivity contribution in [1.82, 2.24) is 0 Å². The van der Waals surface area contributed by atoms with Crippen molar-refractivity contribution in [2.75, 3.05) is 5.33 Å². The first-order chi connectivity index (χ1) is 9.78. The molecular weight excluding hydrogens is 332 g/mol. The highest BCUT2D eigenvalue weighted by Crippen LogP contribution is 2.52. The first-order valence-electron chi connectivity index (χ1n) is 7.13. The normalized spacial score (nSPS) is 22.5. The van der Waals surface area contributed by atoms with Crippen LogP contribution in [0.4, 0.5) is 0 Å². The summed E-state index contributed by atoms with van der Waals surface area (Å²) in [6.45, 7) is 0. The lowest BCUT2D eigenvalue weighted by atomic mass is 9.94. The lowest BCUT2D eigenvalue weighted by Crippen LogP contribution is -2.10. The van der Waals surface area contributed by atoms with E-state index in [9.17, 15) is 0 Å². The van der Waals surface area contributed by atoms with Crippen LogP contribution in [0.2, 0.25) is 5.02 Å². The maximum Gasteiger partial charge on any atom is 0.0406 e. The van der Waals surface area contributed by atoms with Crippen LogP contribution in [-0.4, -0.2) is 5.33 Å². The number of benzene rings is 2. The van der Waals surface area contributed by atoms with E-state index in [2.05, 4.69) is 58.4 Å². The first-order valence-corrected chi connectivity index (χ1v) is 8.63. The fourth-order valence-corrected chi connectivity index (χ4v) is 3.90. The van der Waals surface area contributed by atoms with Gasteiger partial charge in [-0.2, -0.15) is 0 Å². The molecule has 0 amide bonds. The number of rotatable bonds is 5. The van der Waals surface area contributed by atoms with Gasteiger partial charge in [0.2, 0.25) is 0 Å². The van der Waals surface area contributed by atoms with Crippen molar-refractivity contribution in [2.45, 2.75) is 18.8 Å². The lowest BCUT2D eigenvalue weighted by Gasteiger charge is -2.14. The number of hydrogen-bond acceptors (Lipinski definition) is 0. The van der Waals surface area contributed by atoms with Crippen LogP contribution in [0.15, 0.2) is 54.6 Å². The molecule has 2 heteroatoms. The fraction of sp³-hybridized carbons (Fsp3) is 0.333. The zero-order valence-corrected chi connectivity index (χ0v) is 13.6. The van der Waals surface area contributed by atoms with Gasteiger partial charge >= 0.3 is 0 Å². The Balaban J connectivity index is 1.65. The van der Waals surface area contributed by atoms with Crippen molar-refractivity contribution in [1.29, 1.82) is 0 Å². The minimum Gasteiger partial charge on any atom is -0.0925 e. The topological polar surface area (TPSA) is 0 Å². The Morgan fingerprint density at radius 2 is 1.75 bits per heavy atom. The molecule has 104 valence electrons. The van der Waals surface area contributed by atoms with Crippen molar-refractivity contribution < 1.29 is 0 Å². The molecule has 3 atom stereocenters. The molecule has 0 N–H and O–H groups in total. The van der Waals surface area contributed by atoms with E-state index >= 15 is 0 Å². The summed E-state index contributed by atoms with van der Waals surface area (Å²) in [7, 11) is 0. The summed E-state index contributed by atoms with van der Waals surface area (Å²) in [5.41, 5.74) is 2.89. The predicted octanol–water partition coefficient (Wildman–Crippen LogP) is 5.70. The van der Waals surface area contributed by atoms with E-state index in [-0.39, 0.29) is 0 Å². The van der Waals surface area contributed by atoms with Crippen LogP contribution < -0.4 is 0 Å². The van der Waals surface area contributed by atoms with Crippen molar-refractivity contribution in [3.63, 3.8) is 0 Å². The third-order valence-electron chi connectivity index (χ3n) is 4.28. The minimum absolute atomic E-state index is 0.710. The molecule has 0 heterocycles. The van der Waals surface area contributed by atoms with E-state index in [1.165, 1.54) is 17.5 Å². The van der Waals surface area contributed by atoms with Crippen LogP contribution in [0, 0.1) is 11.8 Å². The van der Waals surface area contributed by atoms with Gasteiger partial charge in [-0.3, -0.25) is 0 Å². The molecule has 1 aliphatic carbocycles. The summed E-state index contributed by atoms with van der Waals surface area (Å²) in [4.78, 5) is 0. The van der Waals surface area contributed by atoms with E-state index in [4.69, 9.17) is 11.6 Å². The molecule has 0 aromatic heterocycles. The Hall–Kier alpha value is -0.790. The molecule has 1 saturated carbocycles. The number of hydrogen-bond donors (Lipinski definition) is 0. The predicted molar refractivity (Wildman–Crippen MR) is 89.7 cm³/mol. The Kier molecular flexibility index (Phi) is 4.48. The van der Waals surface area contributed by atoms with Crippen LogP contribution >= 0.6 is 27.5 Å².